The second-order valence-electron chi connectivity index (χ2n) is 14.0. The van der Waals surface area contributed by atoms with E-state index in [1.54, 1.807) is 0 Å². The van der Waals surface area contributed by atoms with Crippen molar-refractivity contribution < 1.29 is 0 Å². The molecular formula is C51H31N3S2. The second kappa shape index (κ2) is 13.5. The number of aromatic nitrogens is 3. The monoisotopic (exact) mass is 749 g/mol. The van der Waals surface area contributed by atoms with Crippen LogP contribution < -0.4 is 0 Å². The van der Waals surface area contributed by atoms with Crippen LogP contribution in [0.1, 0.15) is 0 Å². The fourth-order valence-corrected chi connectivity index (χ4v) is 9.97. The van der Waals surface area contributed by atoms with Crippen molar-refractivity contribution in [3.05, 3.63) is 188 Å². The van der Waals surface area contributed by atoms with E-state index in [0.717, 1.165) is 22.3 Å². The van der Waals surface area contributed by atoms with Gasteiger partial charge in [0.15, 0.2) is 17.5 Å². The SMILES string of the molecule is c1ccc(-c2ccc(-c3nc(-c4ccccc4)nc(-c4ccc5c(c4)sc4ccc(-c6ccccc6-c6ccc7sc8ccccc8c7c6)cc45)n3)cc2)cc1. The minimum Gasteiger partial charge on any atom is -0.208 e. The van der Waals surface area contributed by atoms with Crippen molar-refractivity contribution in [3.8, 4) is 67.5 Å². The van der Waals surface area contributed by atoms with E-state index in [2.05, 4.69) is 164 Å². The van der Waals surface area contributed by atoms with Gasteiger partial charge in [0.05, 0.1) is 0 Å². The summed E-state index contributed by atoms with van der Waals surface area (Å²) in [4.78, 5) is 15.1. The Hall–Kier alpha value is -6.79. The van der Waals surface area contributed by atoms with Crippen LogP contribution in [0.15, 0.2) is 188 Å². The highest BCUT2D eigenvalue weighted by Gasteiger charge is 2.16. The Labute approximate surface area is 331 Å². The molecule has 3 heterocycles. The first-order chi connectivity index (χ1) is 27.7. The first kappa shape index (κ1) is 32.6. The number of hydrogen-bond acceptors (Lipinski definition) is 5. The molecule has 0 spiro atoms. The molecule has 0 saturated carbocycles. The Morgan fingerprint density at radius 2 is 0.661 bits per heavy atom. The lowest BCUT2D eigenvalue weighted by Crippen LogP contribution is -2.00. The van der Waals surface area contributed by atoms with Crippen molar-refractivity contribution >= 4 is 63.0 Å². The van der Waals surface area contributed by atoms with Gasteiger partial charge in [-0.1, -0.05) is 152 Å². The van der Waals surface area contributed by atoms with Gasteiger partial charge in [-0.3, -0.25) is 0 Å². The van der Waals surface area contributed by atoms with Crippen molar-refractivity contribution in [2.75, 3.05) is 0 Å². The molecule has 56 heavy (non-hydrogen) atoms. The summed E-state index contributed by atoms with van der Waals surface area (Å²) < 4.78 is 5.10. The van der Waals surface area contributed by atoms with E-state index >= 15 is 0 Å². The lowest BCUT2D eigenvalue weighted by molar-refractivity contribution is 1.07. The van der Waals surface area contributed by atoms with Gasteiger partial charge in [0.2, 0.25) is 0 Å². The number of rotatable bonds is 6. The van der Waals surface area contributed by atoms with Crippen molar-refractivity contribution in [2.45, 2.75) is 0 Å². The van der Waals surface area contributed by atoms with Gasteiger partial charge in [0, 0.05) is 57.0 Å². The average molecular weight is 750 g/mol. The van der Waals surface area contributed by atoms with E-state index in [-0.39, 0.29) is 0 Å². The van der Waals surface area contributed by atoms with E-state index < -0.39 is 0 Å². The van der Waals surface area contributed by atoms with Crippen LogP contribution in [0.3, 0.4) is 0 Å². The van der Waals surface area contributed by atoms with Crippen LogP contribution in [0, 0.1) is 0 Å². The lowest BCUT2D eigenvalue weighted by Gasteiger charge is -2.11. The Kier molecular flexibility index (Phi) is 7.87. The van der Waals surface area contributed by atoms with Crippen molar-refractivity contribution in [2.24, 2.45) is 0 Å². The molecule has 0 aliphatic rings. The highest BCUT2D eigenvalue weighted by atomic mass is 32.1. The van der Waals surface area contributed by atoms with Crippen molar-refractivity contribution in [3.63, 3.8) is 0 Å². The van der Waals surface area contributed by atoms with Gasteiger partial charge in [-0.15, -0.1) is 22.7 Å². The summed E-state index contributed by atoms with van der Waals surface area (Å²) in [7, 11) is 0. The third-order valence-electron chi connectivity index (χ3n) is 10.6. The zero-order valence-corrected chi connectivity index (χ0v) is 31.7. The summed E-state index contributed by atoms with van der Waals surface area (Å²) in [5.74, 6) is 1.97. The Morgan fingerprint density at radius 1 is 0.250 bits per heavy atom. The fourth-order valence-electron chi connectivity index (χ4n) is 7.76. The predicted molar refractivity (Wildman–Crippen MR) is 238 cm³/mol. The molecule has 262 valence electrons. The molecule has 0 atom stereocenters. The summed E-state index contributed by atoms with van der Waals surface area (Å²) in [6.45, 7) is 0. The third kappa shape index (κ3) is 5.77. The highest BCUT2D eigenvalue weighted by Crippen LogP contribution is 2.42. The van der Waals surface area contributed by atoms with Gasteiger partial charge in [0.1, 0.15) is 0 Å². The molecule has 0 unspecified atom stereocenters. The van der Waals surface area contributed by atoms with E-state index in [0.29, 0.717) is 17.5 Å². The molecule has 11 aromatic rings. The molecular weight excluding hydrogens is 719 g/mol. The molecule has 8 aromatic carbocycles. The minimum atomic E-state index is 0.652. The maximum Gasteiger partial charge on any atom is 0.164 e. The van der Waals surface area contributed by atoms with Gasteiger partial charge < -0.3 is 0 Å². The quantitative estimate of drug-likeness (QED) is 0.170. The molecule has 0 saturated heterocycles. The first-order valence-electron chi connectivity index (χ1n) is 18.7. The molecule has 11 rings (SSSR count). The van der Waals surface area contributed by atoms with E-state index in [4.69, 9.17) is 15.0 Å². The molecule has 3 nitrogen and oxygen atoms in total. The summed E-state index contributed by atoms with van der Waals surface area (Å²) in [5, 5.41) is 5.12. The molecule has 0 aliphatic heterocycles. The van der Waals surface area contributed by atoms with E-state index in [1.807, 2.05) is 46.9 Å². The van der Waals surface area contributed by atoms with Gasteiger partial charge in [0.25, 0.3) is 0 Å². The predicted octanol–water partition coefficient (Wildman–Crippen LogP) is 14.6. The largest absolute Gasteiger partial charge is 0.208 e. The topological polar surface area (TPSA) is 38.7 Å². The van der Waals surface area contributed by atoms with Gasteiger partial charge in [-0.05, 0) is 69.8 Å². The number of hydrogen-bond donors (Lipinski definition) is 0. The molecule has 0 radical (unpaired) electrons. The molecule has 0 amide bonds. The van der Waals surface area contributed by atoms with Crippen LogP contribution in [0.25, 0.3) is 108 Å². The van der Waals surface area contributed by atoms with Crippen molar-refractivity contribution in [1.82, 2.24) is 15.0 Å². The lowest BCUT2D eigenvalue weighted by atomic mass is 9.93. The molecule has 5 heteroatoms. The number of fused-ring (bicyclic) bond motifs is 6. The number of nitrogens with zero attached hydrogens (tertiary/aromatic N) is 3. The summed E-state index contributed by atoms with van der Waals surface area (Å²) in [5.41, 5.74) is 10.1. The third-order valence-corrected chi connectivity index (χ3v) is 12.9. The minimum absolute atomic E-state index is 0.652. The number of benzene rings is 8. The summed E-state index contributed by atoms with van der Waals surface area (Å²) in [6.07, 6.45) is 0. The standard InChI is InChI=1S/C51H31N3S2/c1-3-11-32(12-4-1)33-19-21-35(22-20-33)50-52-49(34-13-5-2-6-14-34)53-51(54-50)38-23-26-42-44-30-37(25-28-47(44)56-48(42)31-38)40-16-8-7-15-39(40)36-24-27-46-43(29-36)41-17-9-10-18-45(41)55-46/h1-31H. The Morgan fingerprint density at radius 3 is 1.30 bits per heavy atom. The highest BCUT2D eigenvalue weighted by molar-refractivity contribution is 7.26. The zero-order chi connectivity index (χ0) is 37.0. The van der Waals surface area contributed by atoms with Crippen LogP contribution in [0.5, 0.6) is 0 Å². The maximum atomic E-state index is 5.07. The first-order valence-corrected chi connectivity index (χ1v) is 20.3. The van der Waals surface area contributed by atoms with Gasteiger partial charge in [-0.25, -0.2) is 15.0 Å². The fraction of sp³-hybridized carbons (Fsp3) is 0. The van der Waals surface area contributed by atoms with Crippen LogP contribution >= 0.6 is 22.7 Å². The smallest absolute Gasteiger partial charge is 0.164 e. The molecule has 0 fully saturated rings. The zero-order valence-electron chi connectivity index (χ0n) is 30.1. The number of thiophene rings is 2. The van der Waals surface area contributed by atoms with Crippen LogP contribution in [-0.2, 0) is 0 Å². The summed E-state index contributed by atoms with van der Waals surface area (Å²) >= 11 is 3.67. The second-order valence-corrected chi connectivity index (χ2v) is 16.2. The van der Waals surface area contributed by atoms with Gasteiger partial charge >= 0.3 is 0 Å². The van der Waals surface area contributed by atoms with E-state index in [9.17, 15) is 0 Å². The normalized spacial score (nSPS) is 11.6. The summed E-state index contributed by atoms with van der Waals surface area (Å²) in [6, 6.07) is 67.0. The molecule has 0 N–H and O–H groups in total. The maximum absolute atomic E-state index is 5.07. The van der Waals surface area contributed by atoms with Crippen LogP contribution in [-0.4, -0.2) is 15.0 Å². The Balaban J connectivity index is 0.984. The average Bonchev–Trinajstić information content (AvgIpc) is 3.84. The molecule has 0 bridgehead atoms. The van der Waals surface area contributed by atoms with Crippen LogP contribution in [0.2, 0.25) is 0 Å². The molecule has 0 aliphatic carbocycles. The van der Waals surface area contributed by atoms with Crippen molar-refractivity contribution in [1.29, 1.82) is 0 Å². The van der Waals surface area contributed by atoms with Crippen LogP contribution in [0.4, 0.5) is 0 Å². The molecule has 3 aromatic heterocycles. The van der Waals surface area contributed by atoms with Gasteiger partial charge in [-0.2, -0.15) is 0 Å². The van der Waals surface area contributed by atoms with E-state index in [1.165, 1.54) is 68.2 Å². The Bertz CT molecular complexity index is 3240.